The van der Waals surface area contributed by atoms with Gasteiger partial charge in [-0.15, -0.1) is 0 Å². The van der Waals surface area contributed by atoms with Gasteiger partial charge in [-0.3, -0.25) is 4.98 Å². The molecule has 2 heteroatoms. The Hall–Kier alpha value is -2.35. The minimum Gasteiger partial charge on any atom is -0.355 e. The molecule has 0 aliphatic heterocycles. The number of anilines is 2. The molecule has 0 amide bonds. The van der Waals surface area contributed by atoms with E-state index in [0.717, 1.165) is 16.9 Å². The van der Waals surface area contributed by atoms with E-state index < -0.39 is 0 Å². The van der Waals surface area contributed by atoms with Crippen LogP contribution in [0.1, 0.15) is 22.3 Å². The lowest BCUT2D eigenvalue weighted by Crippen LogP contribution is -1.97. The molecule has 0 aliphatic carbocycles. The Morgan fingerprint density at radius 2 is 1.67 bits per heavy atom. The summed E-state index contributed by atoms with van der Waals surface area (Å²) >= 11 is 0. The number of rotatable bonds is 2. The van der Waals surface area contributed by atoms with Gasteiger partial charge in [-0.2, -0.15) is 0 Å². The summed E-state index contributed by atoms with van der Waals surface area (Å²) in [7, 11) is 0. The van der Waals surface area contributed by atoms with E-state index in [0.29, 0.717) is 0 Å². The first kappa shape index (κ1) is 13.6. The summed E-state index contributed by atoms with van der Waals surface area (Å²) in [6, 6.07) is 12.8. The van der Waals surface area contributed by atoms with Crippen molar-refractivity contribution in [2.75, 3.05) is 5.32 Å². The number of hydrogen-bond donors (Lipinski definition) is 1. The highest BCUT2D eigenvalue weighted by atomic mass is 14.9. The monoisotopic (exact) mass is 276 g/mol. The second-order valence-corrected chi connectivity index (χ2v) is 5.71. The number of fused-ring (bicyclic) bond motifs is 1. The second kappa shape index (κ2) is 5.21. The van der Waals surface area contributed by atoms with Gasteiger partial charge in [-0.25, -0.2) is 0 Å². The molecular formula is C19H20N2. The van der Waals surface area contributed by atoms with Crippen molar-refractivity contribution in [1.29, 1.82) is 0 Å². The molecule has 0 fully saturated rings. The van der Waals surface area contributed by atoms with Crippen LogP contribution in [0.3, 0.4) is 0 Å². The minimum absolute atomic E-state index is 1.07. The van der Waals surface area contributed by atoms with E-state index in [9.17, 15) is 0 Å². The summed E-state index contributed by atoms with van der Waals surface area (Å²) < 4.78 is 0. The van der Waals surface area contributed by atoms with Crippen molar-refractivity contribution in [2.45, 2.75) is 27.7 Å². The Kier molecular flexibility index (Phi) is 3.38. The molecule has 21 heavy (non-hydrogen) atoms. The molecule has 0 unspecified atom stereocenters. The van der Waals surface area contributed by atoms with Crippen LogP contribution in [0.5, 0.6) is 0 Å². The third-order valence-electron chi connectivity index (χ3n) is 4.05. The third kappa shape index (κ3) is 2.49. The highest BCUT2D eigenvalue weighted by Crippen LogP contribution is 2.29. The molecule has 2 aromatic carbocycles. The van der Waals surface area contributed by atoms with Gasteiger partial charge in [0.2, 0.25) is 0 Å². The Labute approximate surface area is 125 Å². The molecule has 0 radical (unpaired) electrons. The van der Waals surface area contributed by atoms with Gasteiger partial charge in [-0.1, -0.05) is 23.8 Å². The van der Waals surface area contributed by atoms with E-state index >= 15 is 0 Å². The van der Waals surface area contributed by atoms with Crippen LogP contribution >= 0.6 is 0 Å². The van der Waals surface area contributed by atoms with Crippen LogP contribution in [0.4, 0.5) is 11.4 Å². The third-order valence-corrected chi connectivity index (χ3v) is 4.05. The fourth-order valence-electron chi connectivity index (χ4n) is 2.75. The number of aryl methyl sites for hydroxylation is 3. The SMILES string of the molecule is Cc1cc(C)c2nccc(Nc3cccc(C)c3C)c2c1. The van der Waals surface area contributed by atoms with Gasteiger partial charge in [0.15, 0.2) is 0 Å². The molecule has 0 atom stereocenters. The fraction of sp³-hybridized carbons (Fsp3) is 0.211. The molecule has 3 aromatic rings. The van der Waals surface area contributed by atoms with Crippen molar-refractivity contribution in [3.63, 3.8) is 0 Å². The Morgan fingerprint density at radius 3 is 2.48 bits per heavy atom. The number of nitrogens with one attached hydrogen (secondary N) is 1. The van der Waals surface area contributed by atoms with Crippen LogP contribution in [0.25, 0.3) is 10.9 Å². The van der Waals surface area contributed by atoms with Crippen molar-refractivity contribution in [1.82, 2.24) is 4.98 Å². The summed E-state index contributed by atoms with van der Waals surface area (Å²) in [6.07, 6.45) is 1.87. The first-order chi connectivity index (χ1) is 10.1. The number of aromatic nitrogens is 1. The topological polar surface area (TPSA) is 24.9 Å². The van der Waals surface area contributed by atoms with Crippen molar-refractivity contribution >= 4 is 22.3 Å². The molecule has 2 nitrogen and oxygen atoms in total. The van der Waals surface area contributed by atoms with E-state index in [1.165, 1.54) is 27.6 Å². The molecule has 0 bridgehead atoms. The maximum absolute atomic E-state index is 4.52. The fourth-order valence-corrected chi connectivity index (χ4v) is 2.75. The van der Waals surface area contributed by atoms with Crippen LogP contribution < -0.4 is 5.32 Å². The molecular weight excluding hydrogens is 256 g/mol. The lowest BCUT2D eigenvalue weighted by Gasteiger charge is -2.14. The van der Waals surface area contributed by atoms with E-state index in [2.05, 4.69) is 68.3 Å². The number of hydrogen-bond acceptors (Lipinski definition) is 2. The zero-order valence-electron chi connectivity index (χ0n) is 13.0. The van der Waals surface area contributed by atoms with Crippen molar-refractivity contribution < 1.29 is 0 Å². The second-order valence-electron chi connectivity index (χ2n) is 5.71. The molecule has 1 heterocycles. The normalized spacial score (nSPS) is 10.9. The quantitative estimate of drug-likeness (QED) is 0.694. The molecule has 0 aliphatic rings. The summed E-state index contributed by atoms with van der Waals surface area (Å²) in [5, 5.41) is 4.75. The maximum Gasteiger partial charge on any atom is 0.0752 e. The summed E-state index contributed by atoms with van der Waals surface area (Å²) in [5.41, 5.74) is 8.39. The molecule has 3 rings (SSSR count). The molecule has 106 valence electrons. The molecule has 0 saturated heterocycles. The summed E-state index contributed by atoms with van der Waals surface area (Å²) in [4.78, 5) is 4.52. The van der Waals surface area contributed by atoms with E-state index in [1.54, 1.807) is 0 Å². The van der Waals surface area contributed by atoms with Gasteiger partial charge in [0.1, 0.15) is 0 Å². The molecule has 1 aromatic heterocycles. The predicted molar refractivity (Wildman–Crippen MR) is 90.4 cm³/mol. The average Bonchev–Trinajstić information content (AvgIpc) is 2.44. The highest BCUT2D eigenvalue weighted by Gasteiger charge is 2.07. The average molecular weight is 276 g/mol. The minimum atomic E-state index is 1.07. The number of nitrogens with zero attached hydrogens (tertiary/aromatic N) is 1. The Bertz CT molecular complexity index is 819. The lowest BCUT2D eigenvalue weighted by atomic mass is 10.0. The Balaban J connectivity index is 2.15. The predicted octanol–water partition coefficient (Wildman–Crippen LogP) is 5.21. The zero-order valence-corrected chi connectivity index (χ0v) is 13.0. The van der Waals surface area contributed by atoms with Crippen molar-refractivity contribution in [3.05, 3.63) is 64.8 Å². The van der Waals surface area contributed by atoms with Crippen LogP contribution in [-0.2, 0) is 0 Å². The van der Waals surface area contributed by atoms with E-state index in [-0.39, 0.29) is 0 Å². The molecule has 1 N–H and O–H groups in total. The zero-order chi connectivity index (χ0) is 15.0. The largest absolute Gasteiger partial charge is 0.355 e. The van der Waals surface area contributed by atoms with Crippen LogP contribution in [0, 0.1) is 27.7 Å². The standard InChI is InChI=1S/C19H20N2/c1-12-10-14(3)19-16(11-12)18(8-9-20-19)21-17-7-5-6-13(2)15(17)4/h5-11H,1-4H3,(H,20,21). The Morgan fingerprint density at radius 1 is 0.857 bits per heavy atom. The van der Waals surface area contributed by atoms with Crippen LogP contribution in [0.15, 0.2) is 42.6 Å². The first-order valence-electron chi connectivity index (χ1n) is 7.25. The van der Waals surface area contributed by atoms with Gasteiger partial charge < -0.3 is 5.32 Å². The number of pyridine rings is 1. The van der Waals surface area contributed by atoms with Gasteiger partial charge in [0.05, 0.1) is 5.52 Å². The van der Waals surface area contributed by atoms with Gasteiger partial charge in [-0.05, 0) is 62.6 Å². The van der Waals surface area contributed by atoms with Crippen molar-refractivity contribution in [3.8, 4) is 0 Å². The van der Waals surface area contributed by atoms with Crippen molar-refractivity contribution in [2.24, 2.45) is 0 Å². The van der Waals surface area contributed by atoms with Gasteiger partial charge in [0, 0.05) is 23.0 Å². The van der Waals surface area contributed by atoms with Crippen LogP contribution in [-0.4, -0.2) is 4.98 Å². The van der Waals surface area contributed by atoms with Crippen LogP contribution in [0.2, 0.25) is 0 Å². The smallest absolute Gasteiger partial charge is 0.0752 e. The van der Waals surface area contributed by atoms with E-state index in [1.807, 2.05) is 12.3 Å². The lowest BCUT2D eigenvalue weighted by molar-refractivity contribution is 1.32. The van der Waals surface area contributed by atoms with Gasteiger partial charge in [0.25, 0.3) is 0 Å². The van der Waals surface area contributed by atoms with Gasteiger partial charge >= 0.3 is 0 Å². The molecule has 0 spiro atoms. The van der Waals surface area contributed by atoms with E-state index in [4.69, 9.17) is 0 Å². The summed E-state index contributed by atoms with van der Waals surface area (Å²) in [5.74, 6) is 0. The first-order valence-corrected chi connectivity index (χ1v) is 7.25. The highest BCUT2D eigenvalue weighted by molar-refractivity contribution is 5.95. The molecule has 0 saturated carbocycles. The summed E-state index contributed by atoms with van der Waals surface area (Å²) in [6.45, 7) is 8.53. The number of benzene rings is 2. The maximum atomic E-state index is 4.52.